The Bertz CT molecular complexity index is 37.2. The molecule has 1 saturated heterocycles. The molecule has 1 radical (unpaired) electrons. The van der Waals surface area contributed by atoms with E-state index >= 15 is 0 Å². The highest BCUT2D eigenvalue weighted by molar-refractivity contribution is 4.64. The van der Waals surface area contributed by atoms with Crippen molar-refractivity contribution in [3.05, 3.63) is 6.92 Å². The molecule has 1 aliphatic rings. The van der Waals surface area contributed by atoms with Crippen molar-refractivity contribution in [1.29, 1.82) is 0 Å². The number of rotatable bonds is 0. The van der Waals surface area contributed by atoms with Gasteiger partial charge in [-0.1, -0.05) is 0 Å². The molecule has 0 aromatic carbocycles. The van der Waals surface area contributed by atoms with Crippen LogP contribution in [0, 0.1) is 12.8 Å². The molecule has 0 saturated carbocycles. The SMILES string of the molecule is [CH2][C@@H]1CCOC1. The van der Waals surface area contributed by atoms with Crippen LogP contribution in [0.3, 0.4) is 0 Å². The van der Waals surface area contributed by atoms with Gasteiger partial charge in [0.25, 0.3) is 0 Å². The standard InChI is InChI=1S/C5H9O/c1-5-2-3-6-4-5/h5H,1-4H2/t5-/m1/s1. The van der Waals surface area contributed by atoms with Crippen molar-refractivity contribution in [2.24, 2.45) is 5.92 Å². The first-order valence-corrected chi connectivity index (χ1v) is 2.30. The third-order valence-electron chi connectivity index (χ3n) is 1.02. The predicted molar refractivity (Wildman–Crippen MR) is 24.3 cm³/mol. The van der Waals surface area contributed by atoms with Crippen LogP contribution in [-0.4, -0.2) is 13.2 Å². The van der Waals surface area contributed by atoms with Gasteiger partial charge in [-0.3, -0.25) is 0 Å². The lowest BCUT2D eigenvalue weighted by molar-refractivity contribution is 0.191. The first-order valence-electron chi connectivity index (χ1n) is 2.30. The summed E-state index contributed by atoms with van der Waals surface area (Å²) in [7, 11) is 0. The van der Waals surface area contributed by atoms with Crippen LogP contribution in [-0.2, 0) is 4.74 Å². The molecule has 0 aromatic rings. The van der Waals surface area contributed by atoms with Crippen molar-refractivity contribution < 1.29 is 4.74 Å². The van der Waals surface area contributed by atoms with Gasteiger partial charge in [-0.15, -0.1) is 0 Å². The molecule has 35 valence electrons. The van der Waals surface area contributed by atoms with Crippen LogP contribution in [0.5, 0.6) is 0 Å². The molecule has 1 aliphatic heterocycles. The average molecular weight is 85.1 g/mol. The summed E-state index contributed by atoms with van der Waals surface area (Å²) in [6.07, 6.45) is 1.15. The second kappa shape index (κ2) is 1.61. The summed E-state index contributed by atoms with van der Waals surface area (Å²) in [5, 5.41) is 0. The molecule has 0 unspecified atom stereocenters. The largest absolute Gasteiger partial charge is 0.381 e. The van der Waals surface area contributed by atoms with Crippen LogP contribution in [0.1, 0.15) is 6.42 Å². The number of ether oxygens (including phenoxy) is 1. The van der Waals surface area contributed by atoms with Crippen LogP contribution < -0.4 is 0 Å². The molecule has 0 N–H and O–H groups in total. The molecule has 1 nitrogen and oxygen atoms in total. The monoisotopic (exact) mass is 85.1 g/mol. The molecule has 0 spiro atoms. The predicted octanol–water partition coefficient (Wildman–Crippen LogP) is 0.857. The van der Waals surface area contributed by atoms with E-state index in [1.807, 2.05) is 0 Å². The molecule has 6 heavy (non-hydrogen) atoms. The minimum absolute atomic E-state index is 0.574. The maximum Gasteiger partial charge on any atom is 0.0495 e. The van der Waals surface area contributed by atoms with E-state index in [1.165, 1.54) is 0 Å². The summed E-state index contributed by atoms with van der Waals surface area (Å²) in [6.45, 7) is 5.61. The Morgan fingerprint density at radius 1 is 1.67 bits per heavy atom. The summed E-state index contributed by atoms with van der Waals surface area (Å²) in [5.74, 6) is 0.574. The zero-order valence-electron chi connectivity index (χ0n) is 3.81. The van der Waals surface area contributed by atoms with Gasteiger partial charge < -0.3 is 4.74 Å². The highest BCUT2D eigenvalue weighted by Gasteiger charge is 2.07. The minimum Gasteiger partial charge on any atom is -0.381 e. The second-order valence-electron chi connectivity index (χ2n) is 1.73. The fourth-order valence-electron chi connectivity index (χ4n) is 0.583. The molecule has 0 aromatic heterocycles. The normalized spacial score (nSPS) is 34.5. The van der Waals surface area contributed by atoms with E-state index < -0.39 is 0 Å². The van der Waals surface area contributed by atoms with Gasteiger partial charge >= 0.3 is 0 Å². The van der Waals surface area contributed by atoms with Crippen molar-refractivity contribution >= 4 is 0 Å². The Morgan fingerprint density at radius 2 is 2.50 bits per heavy atom. The van der Waals surface area contributed by atoms with Crippen molar-refractivity contribution in [2.45, 2.75) is 6.42 Å². The average Bonchev–Trinajstić information content (AvgIpc) is 1.86. The third kappa shape index (κ3) is 0.716. The van der Waals surface area contributed by atoms with Crippen molar-refractivity contribution in [3.8, 4) is 0 Å². The quantitative estimate of drug-likeness (QED) is 0.424. The summed E-state index contributed by atoms with van der Waals surface area (Å²) < 4.78 is 4.99. The van der Waals surface area contributed by atoms with Crippen LogP contribution in [0.15, 0.2) is 0 Å². The summed E-state index contributed by atoms with van der Waals surface area (Å²) >= 11 is 0. The van der Waals surface area contributed by atoms with Crippen LogP contribution >= 0.6 is 0 Å². The smallest absolute Gasteiger partial charge is 0.0495 e. The van der Waals surface area contributed by atoms with Crippen LogP contribution in [0.2, 0.25) is 0 Å². The molecule has 0 bridgehead atoms. The Hall–Kier alpha value is -0.0400. The lowest BCUT2D eigenvalue weighted by Crippen LogP contribution is -1.88. The Morgan fingerprint density at radius 3 is 2.67 bits per heavy atom. The highest BCUT2D eigenvalue weighted by atomic mass is 16.5. The van der Waals surface area contributed by atoms with Gasteiger partial charge in [-0.25, -0.2) is 0 Å². The Kier molecular flexibility index (Phi) is 1.10. The zero-order chi connectivity index (χ0) is 4.41. The lowest BCUT2D eigenvalue weighted by atomic mass is 10.2. The Balaban J connectivity index is 2.18. The molecule has 0 amide bonds. The molecule has 1 fully saturated rings. The first-order chi connectivity index (χ1) is 2.89. The van der Waals surface area contributed by atoms with Gasteiger partial charge in [0.05, 0.1) is 0 Å². The molecule has 1 atom stereocenters. The van der Waals surface area contributed by atoms with E-state index in [2.05, 4.69) is 6.92 Å². The van der Waals surface area contributed by atoms with Gasteiger partial charge in [-0.05, 0) is 19.3 Å². The van der Waals surface area contributed by atoms with E-state index in [-0.39, 0.29) is 0 Å². The molecule has 0 aliphatic carbocycles. The van der Waals surface area contributed by atoms with Crippen molar-refractivity contribution in [2.75, 3.05) is 13.2 Å². The van der Waals surface area contributed by atoms with Crippen LogP contribution in [0.25, 0.3) is 0 Å². The summed E-state index contributed by atoms with van der Waals surface area (Å²) in [5.41, 5.74) is 0. The summed E-state index contributed by atoms with van der Waals surface area (Å²) in [6, 6.07) is 0. The number of hydrogen-bond acceptors (Lipinski definition) is 1. The van der Waals surface area contributed by atoms with E-state index in [9.17, 15) is 0 Å². The lowest BCUT2D eigenvalue weighted by Gasteiger charge is -1.88. The maximum atomic E-state index is 4.99. The number of hydrogen-bond donors (Lipinski definition) is 0. The van der Waals surface area contributed by atoms with Crippen molar-refractivity contribution in [3.63, 3.8) is 0 Å². The fraction of sp³-hybridized carbons (Fsp3) is 0.800. The van der Waals surface area contributed by atoms with Gasteiger partial charge in [0.2, 0.25) is 0 Å². The van der Waals surface area contributed by atoms with E-state index in [1.54, 1.807) is 0 Å². The van der Waals surface area contributed by atoms with E-state index in [4.69, 9.17) is 4.74 Å². The van der Waals surface area contributed by atoms with Gasteiger partial charge in [0.1, 0.15) is 0 Å². The highest BCUT2D eigenvalue weighted by Crippen LogP contribution is 2.08. The van der Waals surface area contributed by atoms with Gasteiger partial charge in [0.15, 0.2) is 0 Å². The fourth-order valence-corrected chi connectivity index (χ4v) is 0.583. The van der Waals surface area contributed by atoms with Gasteiger partial charge in [-0.2, -0.15) is 0 Å². The Labute approximate surface area is 38.3 Å². The van der Waals surface area contributed by atoms with Crippen molar-refractivity contribution in [1.82, 2.24) is 0 Å². The van der Waals surface area contributed by atoms with E-state index in [0.717, 1.165) is 19.6 Å². The maximum absolute atomic E-state index is 4.99. The molecule has 1 rings (SSSR count). The summed E-state index contributed by atoms with van der Waals surface area (Å²) in [4.78, 5) is 0. The molecule has 1 heteroatoms. The zero-order valence-corrected chi connectivity index (χ0v) is 3.81. The molecular formula is C5H9O. The minimum atomic E-state index is 0.574. The van der Waals surface area contributed by atoms with E-state index in [0.29, 0.717) is 5.92 Å². The second-order valence-corrected chi connectivity index (χ2v) is 1.73. The van der Waals surface area contributed by atoms with Gasteiger partial charge in [0, 0.05) is 13.2 Å². The topological polar surface area (TPSA) is 9.23 Å². The van der Waals surface area contributed by atoms with Crippen LogP contribution in [0.4, 0.5) is 0 Å². The third-order valence-corrected chi connectivity index (χ3v) is 1.02. The molecular weight excluding hydrogens is 76.1 g/mol. The first kappa shape index (κ1) is 4.13. The molecule has 1 heterocycles.